The van der Waals surface area contributed by atoms with E-state index in [1.807, 2.05) is 17.9 Å². The summed E-state index contributed by atoms with van der Waals surface area (Å²) in [6.07, 6.45) is 1.79. The fraction of sp³-hybridized carbons (Fsp3) is 0.433. The Kier molecular flexibility index (Phi) is 8.27. The quantitative estimate of drug-likeness (QED) is 0.414. The molecule has 40 heavy (non-hydrogen) atoms. The van der Waals surface area contributed by atoms with Crippen molar-refractivity contribution in [1.82, 2.24) is 20.2 Å². The Balaban J connectivity index is 1.71. The molecule has 1 N–H and O–H groups in total. The van der Waals surface area contributed by atoms with Crippen molar-refractivity contribution in [3.05, 3.63) is 65.0 Å². The number of aliphatic imine (C=N–C) groups is 1. The van der Waals surface area contributed by atoms with Gasteiger partial charge in [0, 0.05) is 39.0 Å². The van der Waals surface area contributed by atoms with Gasteiger partial charge in [0.1, 0.15) is 42.2 Å². The minimum atomic E-state index is -0.648. The van der Waals surface area contributed by atoms with Crippen molar-refractivity contribution in [1.29, 1.82) is 0 Å². The maximum atomic E-state index is 16.0. The summed E-state index contributed by atoms with van der Waals surface area (Å²) in [5.74, 6) is 0.269. The number of ether oxygens (including phenoxy) is 2. The van der Waals surface area contributed by atoms with E-state index in [0.717, 1.165) is 36.6 Å². The van der Waals surface area contributed by atoms with Crippen LogP contribution in [0.2, 0.25) is 0 Å². The molecule has 0 aliphatic carbocycles. The number of fused-ring (bicyclic) bond motifs is 1. The number of benzene rings is 1. The molecule has 3 aromatic rings. The van der Waals surface area contributed by atoms with Crippen LogP contribution >= 0.6 is 0 Å². The number of hydrogen-bond donors (Lipinski definition) is 1. The zero-order valence-corrected chi connectivity index (χ0v) is 23.7. The van der Waals surface area contributed by atoms with Crippen LogP contribution in [0.3, 0.4) is 0 Å². The van der Waals surface area contributed by atoms with E-state index in [1.165, 1.54) is 18.2 Å². The highest BCUT2D eigenvalue weighted by atomic mass is 19.1. The maximum Gasteiger partial charge on any atom is 0.150 e. The minimum Gasteiger partial charge on any atom is -0.490 e. The predicted molar refractivity (Wildman–Crippen MR) is 153 cm³/mol. The number of anilines is 2. The average molecular weight is 551 g/mol. The maximum absolute atomic E-state index is 16.0. The second-order valence-corrected chi connectivity index (χ2v) is 10.5. The van der Waals surface area contributed by atoms with Gasteiger partial charge in [0.15, 0.2) is 5.82 Å². The van der Waals surface area contributed by atoms with Crippen molar-refractivity contribution in [3.8, 4) is 17.0 Å². The van der Waals surface area contributed by atoms with Gasteiger partial charge in [-0.1, -0.05) is 19.9 Å². The number of methoxy groups -OCH3 is 1. The number of amidine groups is 1. The first-order chi connectivity index (χ1) is 19.3. The number of halogens is 2. The molecule has 0 bridgehead atoms. The molecular weight excluding hydrogens is 514 g/mol. The predicted octanol–water partition coefficient (Wildman–Crippen LogP) is 5.03. The topological polar surface area (TPSA) is 75.1 Å². The Morgan fingerprint density at radius 3 is 2.73 bits per heavy atom. The van der Waals surface area contributed by atoms with Crippen LogP contribution in [0.15, 0.2) is 41.5 Å². The third-order valence-electron chi connectivity index (χ3n) is 7.32. The van der Waals surface area contributed by atoms with Crippen LogP contribution in [0.5, 0.6) is 5.75 Å². The second-order valence-electron chi connectivity index (χ2n) is 10.5. The number of piperazine rings is 1. The van der Waals surface area contributed by atoms with Crippen LogP contribution in [0.1, 0.15) is 43.5 Å². The smallest absolute Gasteiger partial charge is 0.150 e. The van der Waals surface area contributed by atoms with Gasteiger partial charge in [-0.15, -0.1) is 0 Å². The molecule has 2 aliphatic rings. The van der Waals surface area contributed by atoms with Crippen LogP contribution < -0.4 is 15.0 Å². The van der Waals surface area contributed by atoms with Crippen LogP contribution in [0.25, 0.3) is 11.3 Å². The molecule has 1 fully saturated rings. The van der Waals surface area contributed by atoms with Gasteiger partial charge in [0.2, 0.25) is 0 Å². The van der Waals surface area contributed by atoms with E-state index in [4.69, 9.17) is 19.5 Å². The highest BCUT2D eigenvalue weighted by molar-refractivity contribution is 6.06. The molecular formula is C30H36F2N6O2. The molecule has 1 saturated heterocycles. The lowest BCUT2D eigenvalue weighted by Crippen LogP contribution is -2.53. The van der Waals surface area contributed by atoms with E-state index in [-0.39, 0.29) is 42.2 Å². The molecule has 1 atom stereocenters. The van der Waals surface area contributed by atoms with Gasteiger partial charge in [-0.25, -0.2) is 18.8 Å². The number of aromatic nitrogens is 2. The summed E-state index contributed by atoms with van der Waals surface area (Å²) < 4.78 is 42.3. The van der Waals surface area contributed by atoms with Crippen molar-refractivity contribution in [2.24, 2.45) is 4.99 Å². The molecule has 10 heteroatoms. The van der Waals surface area contributed by atoms with Gasteiger partial charge < -0.3 is 24.6 Å². The van der Waals surface area contributed by atoms with Crippen LogP contribution in [0.4, 0.5) is 20.3 Å². The van der Waals surface area contributed by atoms with E-state index >= 15 is 8.78 Å². The Hall–Kier alpha value is -3.63. The van der Waals surface area contributed by atoms with Crippen molar-refractivity contribution in [2.45, 2.75) is 39.7 Å². The number of rotatable bonds is 7. The zero-order chi connectivity index (χ0) is 28.4. The molecule has 0 saturated carbocycles. The normalized spacial score (nSPS) is 17.2. The number of pyridine rings is 2. The Bertz CT molecular complexity index is 1410. The monoisotopic (exact) mass is 550 g/mol. The SMILES string of the molecule is COCCOc1cccc(F)c1-c1nc2c(cc1F)C(N1CCNC[C@@H]1C)=NCN2c1c(C)ccnc1C(C)C. The molecule has 0 amide bonds. The first-order valence-electron chi connectivity index (χ1n) is 13.7. The molecule has 4 heterocycles. The largest absolute Gasteiger partial charge is 0.490 e. The molecule has 2 aromatic heterocycles. The summed E-state index contributed by atoms with van der Waals surface area (Å²) in [5.41, 5.74) is 3.20. The van der Waals surface area contributed by atoms with Gasteiger partial charge in [-0.2, -0.15) is 0 Å². The molecule has 0 unspecified atom stereocenters. The third kappa shape index (κ3) is 5.25. The molecule has 1 aromatic carbocycles. The van der Waals surface area contributed by atoms with Crippen LogP contribution in [-0.4, -0.2) is 73.4 Å². The first-order valence-corrected chi connectivity index (χ1v) is 13.7. The van der Waals surface area contributed by atoms with E-state index < -0.39 is 11.6 Å². The molecule has 0 radical (unpaired) electrons. The van der Waals surface area contributed by atoms with E-state index in [0.29, 0.717) is 23.8 Å². The molecule has 8 nitrogen and oxygen atoms in total. The van der Waals surface area contributed by atoms with Crippen molar-refractivity contribution >= 4 is 17.3 Å². The highest BCUT2D eigenvalue weighted by Crippen LogP contribution is 2.41. The van der Waals surface area contributed by atoms with E-state index in [2.05, 4.69) is 36.0 Å². The lowest BCUT2D eigenvalue weighted by molar-refractivity contribution is 0.146. The number of hydrogen-bond acceptors (Lipinski definition) is 8. The summed E-state index contributed by atoms with van der Waals surface area (Å²) >= 11 is 0. The minimum absolute atomic E-state index is 0.0227. The fourth-order valence-electron chi connectivity index (χ4n) is 5.33. The molecule has 5 rings (SSSR count). The van der Waals surface area contributed by atoms with Crippen LogP contribution in [-0.2, 0) is 4.74 Å². The Morgan fingerprint density at radius 2 is 1.98 bits per heavy atom. The number of aryl methyl sites for hydroxylation is 1. The summed E-state index contributed by atoms with van der Waals surface area (Å²) in [5, 5.41) is 3.40. The summed E-state index contributed by atoms with van der Waals surface area (Å²) in [6.45, 7) is 11.4. The average Bonchev–Trinajstić information content (AvgIpc) is 2.93. The van der Waals surface area contributed by atoms with Gasteiger partial charge in [-0.3, -0.25) is 4.98 Å². The summed E-state index contributed by atoms with van der Waals surface area (Å²) in [6, 6.07) is 7.98. The van der Waals surface area contributed by atoms with Crippen molar-refractivity contribution < 1.29 is 18.3 Å². The lowest BCUT2D eigenvalue weighted by Gasteiger charge is -2.40. The molecule has 0 spiro atoms. The highest BCUT2D eigenvalue weighted by Gasteiger charge is 2.34. The summed E-state index contributed by atoms with van der Waals surface area (Å²) in [7, 11) is 1.55. The number of nitrogens with one attached hydrogen (secondary N) is 1. The molecule has 212 valence electrons. The second kappa shape index (κ2) is 11.9. The van der Waals surface area contributed by atoms with Gasteiger partial charge >= 0.3 is 0 Å². The number of nitrogens with zero attached hydrogens (tertiary/aromatic N) is 5. The molecule has 2 aliphatic heterocycles. The van der Waals surface area contributed by atoms with E-state index in [9.17, 15) is 0 Å². The first kappa shape index (κ1) is 27.9. The van der Waals surface area contributed by atoms with Gasteiger partial charge in [0.25, 0.3) is 0 Å². The summed E-state index contributed by atoms with van der Waals surface area (Å²) in [4.78, 5) is 18.7. The third-order valence-corrected chi connectivity index (χ3v) is 7.32. The van der Waals surface area contributed by atoms with Crippen molar-refractivity contribution in [3.63, 3.8) is 0 Å². The van der Waals surface area contributed by atoms with Gasteiger partial charge in [-0.05, 0) is 49.6 Å². The fourth-order valence-corrected chi connectivity index (χ4v) is 5.33. The Labute approximate surface area is 234 Å². The lowest BCUT2D eigenvalue weighted by atomic mass is 10.0. The standard InChI is InChI=1S/C30H36F2N6O2/c1-18(2)26-28(19(3)9-10-34-26)38-17-35-29(37-12-11-33-16-20(37)4)21-15-23(32)27(36-30(21)38)25-22(31)7-6-8-24(25)40-14-13-39-5/h6-10,15,18,20,33H,11-14,16-17H2,1-5H3/t20-/m0/s1. The van der Waals surface area contributed by atoms with Crippen LogP contribution in [0, 0.1) is 18.6 Å². The zero-order valence-electron chi connectivity index (χ0n) is 23.7. The van der Waals surface area contributed by atoms with E-state index in [1.54, 1.807) is 19.4 Å². The van der Waals surface area contributed by atoms with Gasteiger partial charge in [0.05, 0.1) is 29.1 Å². The Morgan fingerprint density at radius 1 is 1.15 bits per heavy atom. The van der Waals surface area contributed by atoms with Crippen molar-refractivity contribution in [2.75, 3.05) is 51.5 Å².